The van der Waals surface area contributed by atoms with Crippen LogP contribution in [0, 0.1) is 0 Å². The van der Waals surface area contributed by atoms with E-state index in [1.54, 1.807) is 21.9 Å². The van der Waals surface area contributed by atoms with E-state index in [4.69, 9.17) is 0 Å². The summed E-state index contributed by atoms with van der Waals surface area (Å²) >= 11 is 0. The number of benzene rings is 2. The second kappa shape index (κ2) is 13.1. The summed E-state index contributed by atoms with van der Waals surface area (Å²) in [7, 11) is 0. The van der Waals surface area contributed by atoms with Gasteiger partial charge in [-0.05, 0) is 41.5 Å². The molecule has 4 N–H and O–H groups in total. The molecule has 0 radical (unpaired) electrons. The molecule has 8 heteroatoms. The molecule has 0 bridgehead atoms. The van der Waals surface area contributed by atoms with Crippen molar-refractivity contribution in [2.75, 3.05) is 26.2 Å². The van der Waals surface area contributed by atoms with Gasteiger partial charge in [0.15, 0.2) is 0 Å². The van der Waals surface area contributed by atoms with E-state index in [0.717, 1.165) is 17.5 Å². The molecule has 0 fully saturated rings. The van der Waals surface area contributed by atoms with Gasteiger partial charge in [0.2, 0.25) is 0 Å². The lowest BCUT2D eigenvalue weighted by Gasteiger charge is -2.27. The summed E-state index contributed by atoms with van der Waals surface area (Å²) in [5, 5.41) is 39.5. The van der Waals surface area contributed by atoms with Gasteiger partial charge in [-0.25, -0.2) is 0 Å². The molecule has 0 aliphatic rings. The van der Waals surface area contributed by atoms with E-state index in [0.29, 0.717) is 17.0 Å². The highest BCUT2D eigenvalue weighted by Gasteiger charge is 2.18. The molecule has 0 aliphatic carbocycles. The van der Waals surface area contributed by atoms with E-state index in [1.807, 2.05) is 38.1 Å². The Morgan fingerprint density at radius 2 is 1.20 bits per heavy atom. The average molecular weight is 487 g/mol. The van der Waals surface area contributed by atoms with Crippen molar-refractivity contribution in [1.82, 2.24) is 9.80 Å². The number of nitrogens with zero attached hydrogens (tertiary/aromatic N) is 2. The number of carbonyl (C=O) groups is 2. The number of hydrogen-bond acceptors (Lipinski definition) is 6. The maximum Gasteiger partial charge on any atom is 0.317 e. The lowest BCUT2D eigenvalue weighted by molar-refractivity contribution is -0.140. The highest BCUT2D eigenvalue weighted by Crippen LogP contribution is 2.27. The Kier molecular flexibility index (Phi) is 10.5. The van der Waals surface area contributed by atoms with E-state index in [1.165, 1.54) is 0 Å². The first kappa shape index (κ1) is 28.1. The molecule has 2 aromatic carbocycles. The molecule has 0 aliphatic heterocycles. The third-order valence-electron chi connectivity index (χ3n) is 6.29. The Bertz CT molecular complexity index is 1010. The van der Waals surface area contributed by atoms with Crippen LogP contribution in [-0.2, 0) is 22.7 Å². The zero-order valence-electron chi connectivity index (χ0n) is 21.1. The van der Waals surface area contributed by atoms with Crippen LogP contribution in [0.25, 0.3) is 0 Å². The molecule has 1 unspecified atom stereocenters. The minimum absolute atomic E-state index is 0.0963. The number of carboxylic acids is 2. The van der Waals surface area contributed by atoms with Crippen molar-refractivity contribution in [2.24, 2.45) is 0 Å². The Morgan fingerprint density at radius 3 is 1.60 bits per heavy atom. The van der Waals surface area contributed by atoms with E-state index in [9.17, 15) is 30.0 Å². The lowest BCUT2D eigenvalue weighted by atomic mass is 9.96. The monoisotopic (exact) mass is 486 g/mol. The van der Waals surface area contributed by atoms with Crippen molar-refractivity contribution in [3.05, 3.63) is 58.7 Å². The Hall–Kier alpha value is -3.10. The van der Waals surface area contributed by atoms with Crippen LogP contribution in [-0.4, -0.2) is 68.3 Å². The van der Waals surface area contributed by atoms with Crippen LogP contribution in [0.2, 0.25) is 0 Å². The van der Waals surface area contributed by atoms with Gasteiger partial charge < -0.3 is 20.4 Å². The van der Waals surface area contributed by atoms with Gasteiger partial charge in [0.05, 0.1) is 13.1 Å². The van der Waals surface area contributed by atoms with E-state index in [2.05, 4.69) is 13.8 Å². The first-order chi connectivity index (χ1) is 16.5. The van der Waals surface area contributed by atoms with E-state index >= 15 is 0 Å². The number of aliphatic carboxylic acids is 2. The second-order valence-electron chi connectivity index (χ2n) is 9.45. The summed E-state index contributed by atoms with van der Waals surface area (Å²) in [4.78, 5) is 26.4. The predicted molar refractivity (Wildman–Crippen MR) is 135 cm³/mol. The van der Waals surface area contributed by atoms with Crippen molar-refractivity contribution < 1.29 is 30.0 Å². The minimum atomic E-state index is -1.01. The standard InChI is InChI=1S/C27H38N2O6/c1-5-19(4)21-7-9-25(31)23(13-21)15-29(17-27(34)35)11-10-28(16-26(32)33)14-22-12-20(18(2)3)6-8-24(22)30/h6-9,12-13,18-19,30-31H,5,10-11,14-17H2,1-4H3,(H,32,33)(H,34,35). The average Bonchev–Trinajstić information content (AvgIpc) is 2.78. The summed E-state index contributed by atoms with van der Waals surface area (Å²) < 4.78 is 0. The van der Waals surface area contributed by atoms with Crippen LogP contribution in [0.3, 0.4) is 0 Å². The molecule has 0 saturated heterocycles. The van der Waals surface area contributed by atoms with Gasteiger partial charge in [-0.2, -0.15) is 0 Å². The normalized spacial score (nSPS) is 12.4. The molecule has 8 nitrogen and oxygen atoms in total. The number of phenolic OH excluding ortho intramolecular Hbond substituents is 2. The molecule has 0 saturated carbocycles. The van der Waals surface area contributed by atoms with Crippen LogP contribution in [0.4, 0.5) is 0 Å². The molecule has 35 heavy (non-hydrogen) atoms. The number of phenols is 2. The molecular weight excluding hydrogens is 448 g/mol. The molecule has 1 atom stereocenters. The fraction of sp³-hybridized carbons (Fsp3) is 0.481. The molecule has 0 spiro atoms. The van der Waals surface area contributed by atoms with Gasteiger partial charge >= 0.3 is 11.9 Å². The van der Waals surface area contributed by atoms with Crippen molar-refractivity contribution in [3.8, 4) is 11.5 Å². The van der Waals surface area contributed by atoms with Gasteiger partial charge in [0.1, 0.15) is 11.5 Å². The summed E-state index contributed by atoms with van der Waals surface area (Å²) in [5.74, 6) is -1.25. The molecule has 0 aromatic heterocycles. The fourth-order valence-corrected chi connectivity index (χ4v) is 3.94. The quantitative estimate of drug-likeness (QED) is 0.313. The Balaban J connectivity index is 2.20. The molecule has 2 aromatic rings. The predicted octanol–water partition coefficient (Wildman–Crippen LogP) is 4.21. The minimum Gasteiger partial charge on any atom is -0.508 e. The van der Waals surface area contributed by atoms with Crippen molar-refractivity contribution in [1.29, 1.82) is 0 Å². The molecular formula is C27H38N2O6. The zero-order chi connectivity index (χ0) is 26.1. The first-order valence-electron chi connectivity index (χ1n) is 12.0. The van der Waals surface area contributed by atoms with Crippen LogP contribution in [0.5, 0.6) is 11.5 Å². The van der Waals surface area contributed by atoms with Crippen LogP contribution >= 0.6 is 0 Å². The smallest absolute Gasteiger partial charge is 0.317 e. The lowest BCUT2D eigenvalue weighted by Crippen LogP contribution is -2.39. The number of carboxylic acid groups (broad SMARTS) is 2. The van der Waals surface area contributed by atoms with Gasteiger partial charge in [-0.15, -0.1) is 0 Å². The van der Waals surface area contributed by atoms with Crippen molar-refractivity contribution in [2.45, 2.75) is 59.0 Å². The summed E-state index contributed by atoms with van der Waals surface area (Å²) in [6.07, 6.45) is 0.943. The first-order valence-corrected chi connectivity index (χ1v) is 12.0. The van der Waals surface area contributed by atoms with E-state index in [-0.39, 0.29) is 56.7 Å². The zero-order valence-corrected chi connectivity index (χ0v) is 21.1. The topological polar surface area (TPSA) is 122 Å². The maximum atomic E-state index is 11.5. The van der Waals surface area contributed by atoms with E-state index < -0.39 is 11.9 Å². The molecule has 0 amide bonds. The summed E-state index contributed by atoms with van der Waals surface area (Å²) in [6.45, 7) is 8.75. The molecule has 2 rings (SSSR count). The molecule has 0 heterocycles. The van der Waals surface area contributed by atoms with Gasteiger partial charge in [-0.3, -0.25) is 19.4 Å². The molecule has 192 valence electrons. The maximum absolute atomic E-state index is 11.5. The van der Waals surface area contributed by atoms with Crippen LogP contribution < -0.4 is 0 Å². The Morgan fingerprint density at radius 1 is 0.771 bits per heavy atom. The highest BCUT2D eigenvalue weighted by atomic mass is 16.4. The van der Waals surface area contributed by atoms with Crippen LogP contribution in [0.1, 0.15) is 68.2 Å². The third-order valence-corrected chi connectivity index (χ3v) is 6.29. The van der Waals surface area contributed by atoms with Crippen molar-refractivity contribution in [3.63, 3.8) is 0 Å². The summed E-state index contributed by atoms with van der Waals surface area (Å²) in [6, 6.07) is 10.8. The second-order valence-corrected chi connectivity index (χ2v) is 9.45. The summed E-state index contributed by atoms with van der Waals surface area (Å²) in [5.41, 5.74) is 3.37. The SMILES string of the molecule is CCC(C)c1ccc(O)c(CN(CCN(CC(=O)O)Cc2cc(C(C)C)ccc2O)CC(=O)O)c1. The van der Waals surface area contributed by atoms with Crippen molar-refractivity contribution >= 4 is 11.9 Å². The van der Waals surface area contributed by atoms with Gasteiger partial charge in [0.25, 0.3) is 0 Å². The highest BCUT2D eigenvalue weighted by molar-refractivity contribution is 5.69. The van der Waals surface area contributed by atoms with Gasteiger partial charge in [0, 0.05) is 37.3 Å². The van der Waals surface area contributed by atoms with Gasteiger partial charge in [-0.1, -0.05) is 52.0 Å². The number of rotatable bonds is 14. The third kappa shape index (κ3) is 8.88. The largest absolute Gasteiger partial charge is 0.508 e. The Labute approximate surface area is 207 Å². The number of hydrogen-bond donors (Lipinski definition) is 4. The fourth-order valence-electron chi connectivity index (χ4n) is 3.94. The van der Waals surface area contributed by atoms with Crippen LogP contribution in [0.15, 0.2) is 36.4 Å². The number of aromatic hydroxyl groups is 2.